The molecule has 1 fully saturated rings. The van der Waals surface area contributed by atoms with Crippen LogP contribution in [0.3, 0.4) is 0 Å². The topological polar surface area (TPSA) is 67.5 Å². The summed E-state index contributed by atoms with van der Waals surface area (Å²) in [6, 6.07) is 21.7. The lowest BCUT2D eigenvalue weighted by atomic mass is 9.80. The Bertz CT molecular complexity index is 943. The molecular weight excluding hydrogens is 403 g/mol. The quantitative estimate of drug-likeness (QED) is 0.559. The van der Waals surface area contributed by atoms with Gasteiger partial charge in [0.1, 0.15) is 0 Å². The minimum atomic E-state index is -2.50. The van der Waals surface area contributed by atoms with Crippen LogP contribution in [0.5, 0.6) is 0 Å². The highest BCUT2D eigenvalue weighted by Crippen LogP contribution is 2.41. The number of benzene rings is 2. The van der Waals surface area contributed by atoms with Crippen molar-refractivity contribution in [1.82, 2.24) is 9.78 Å². The predicted octanol–water partition coefficient (Wildman–Crippen LogP) is 2.09. The van der Waals surface area contributed by atoms with Gasteiger partial charge in [0.2, 0.25) is 0 Å². The predicted molar refractivity (Wildman–Crippen MR) is 127 cm³/mol. The molecule has 1 heterocycles. The van der Waals surface area contributed by atoms with Crippen molar-refractivity contribution in [3.8, 4) is 0 Å². The molecule has 1 saturated carbocycles. The van der Waals surface area contributed by atoms with E-state index in [0.717, 1.165) is 19.4 Å². The summed E-state index contributed by atoms with van der Waals surface area (Å²) >= 11 is 0. The van der Waals surface area contributed by atoms with E-state index in [-0.39, 0.29) is 5.04 Å². The average molecular weight is 434 g/mol. The first-order valence-corrected chi connectivity index (χ1v) is 12.9. The Morgan fingerprint density at radius 3 is 2.00 bits per heavy atom. The molecule has 2 N–H and O–H groups in total. The molecular formula is C24H31BN2O3Si. The van der Waals surface area contributed by atoms with Crippen LogP contribution in [0, 0.1) is 5.92 Å². The van der Waals surface area contributed by atoms with E-state index in [2.05, 4.69) is 86.5 Å². The molecule has 3 aromatic rings. The van der Waals surface area contributed by atoms with Gasteiger partial charge in [0.15, 0.2) is 0 Å². The van der Waals surface area contributed by atoms with E-state index >= 15 is 0 Å². The van der Waals surface area contributed by atoms with Crippen LogP contribution < -0.4 is 15.8 Å². The summed E-state index contributed by atoms with van der Waals surface area (Å²) in [5.74, 6) is 0.471. The highest BCUT2D eigenvalue weighted by atomic mass is 28.4. The largest absolute Gasteiger partial charge is 0.491 e. The van der Waals surface area contributed by atoms with Crippen LogP contribution >= 0.6 is 0 Å². The first-order chi connectivity index (χ1) is 14.8. The summed E-state index contributed by atoms with van der Waals surface area (Å²) in [5, 5.41) is 25.5. The number of nitrogens with zero attached hydrogens (tertiary/aromatic N) is 2. The Morgan fingerprint density at radius 1 is 1.00 bits per heavy atom. The second-order valence-corrected chi connectivity index (χ2v) is 13.9. The van der Waals surface area contributed by atoms with E-state index in [1.165, 1.54) is 16.6 Å². The molecule has 1 aliphatic rings. The van der Waals surface area contributed by atoms with Crippen molar-refractivity contribution in [2.45, 2.75) is 44.7 Å². The number of rotatable bonds is 7. The highest BCUT2D eigenvalue weighted by Gasteiger charge is 2.50. The molecule has 0 amide bonds. The van der Waals surface area contributed by atoms with Crippen molar-refractivity contribution in [2.24, 2.45) is 5.92 Å². The van der Waals surface area contributed by atoms with Gasteiger partial charge in [-0.05, 0) is 34.2 Å². The van der Waals surface area contributed by atoms with Crippen molar-refractivity contribution in [3.63, 3.8) is 0 Å². The van der Waals surface area contributed by atoms with Crippen molar-refractivity contribution >= 4 is 31.3 Å². The van der Waals surface area contributed by atoms with Gasteiger partial charge in [-0.3, -0.25) is 4.68 Å². The third-order valence-electron chi connectivity index (χ3n) is 6.46. The van der Waals surface area contributed by atoms with E-state index in [4.69, 9.17) is 4.43 Å². The molecule has 0 atom stereocenters. The molecule has 0 saturated heterocycles. The maximum Gasteiger partial charge on any atom is 0.491 e. The molecule has 4 rings (SSSR count). The van der Waals surface area contributed by atoms with E-state index in [1.54, 1.807) is 6.20 Å². The lowest BCUT2D eigenvalue weighted by molar-refractivity contribution is 0.112. The Morgan fingerprint density at radius 2 is 1.55 bits per heavy atom. The van der Waals surface area contributed by atoms with E-state index < -0.39 is 15.4 Å². The Kier molecular flexibility index (Phi) is 6.21. The fourth-order valence-electron chi connectivity index (χ4n) is 4.74. The molecule has 5 nitrogen and oxygen atoms in total. The van der Waals surface area contributed by atoms with Crippen molar-refractivity contribution in [2.75, 3.05) is 6.61 Å². The van der Waals surface area contributed by atoms with Gasteiger partial charge >= 0.3 is 7.12 Å². The van der Waals surface area contributed by atoms with Gasteiger partial charge in [-0.2, -0.15) is 5.10 Å². The Labute approximate surface area is 186 Å². The minimum absolute atomic E-state index is 0.0208. The van der Waals surface area contributed by atoms with Gasteiger partial charge in [0, 0.05) is 24.5 Å². The monoisotopic (exact) mass is 434 g/mol. The second kappa shape index (κ2) is 8.75. The van der Waals surface area contributed by atoms with Crippen LogP contribution in [0.15, 0.2) is 73.1 Å². The first kappa shape index (κ1) is 22.0. The van der Waals surface area contributed by atoms with Crippen LogP contribution in [-0.2, 0) is 4.43 Å². The van der Waals surface area contributed by atoms with Gasteiger partial charge in [-0.1, -0.05) is 81.4 Å². The molecule has 0 radical (unpaired) electrons. The maximum absolute atomic E-state index is 9.31. The summed E-state index contributed by atoms with van der Waals surface area (Å²) in [7, 11) is -3.96. The molecule has 0 bridgehead atoms. The fourth-order valence-corrected chi connectivity index (χ4v) is 9.38. The minimum Gasteiger partial charge on any atom is -0.423 e. The molecule has 0 aliphatic heterocycles. The lowest BCUT2D eigenvalue weighted by Crippen LogP contribution is -2.67. The van der Waals surface area contributed by atoms with Gasteiger partial charge in [0.25, 0.3) is 8.32 Å². The van der Waals surface area contributed by atoms with Crippen LogP contribution in [0.25, 0.3) is 0 Å². The van der Waals surface area contributed by atoms with Crippen molar-refractivity contribution in [1.29, 1.82) is 0 Å². The molecule has 1 aromatic heterocycles. The summed E-state index contributed by atoms with van der Waals surface area (Å²) in [6.45, 7) is 7.62. The van der Waals surface area contributed by atoms with Gasteiger partial charge in [0.05, 0.1) is 6.04 Å². The van der Waals surface area contributed by atoms with Crippen molar-refractivity contribution in [3.05, 3.63) is 73.1 Å². The first-order valence-electron chi connectivity index (χ1n) is 11.0. The summed E-state index contributed by atoms with van der Waals surface area (Å²) < 4.78 is 8.88. The fraction of sp³-hybridized carbons (Fsp3) is 0.375. The van der Waals surface area contributed by atoms with E-state index in [9.17, 15) is 10.0 Å². The number of hydrogen-bond donors (Lipinski definition) is 2. The molecule has 0 spiro atoms. The molecule has 7 heteroatoms. The lowest BCUT2D eigenvalue weighted by Gasteiger charge is -2.45. The maximum atomic E-state index is 9.31. The zero-order valence-corrected chi connectivity index (χ0v) is 19.5. The summed E-state index contributed by atoms with van der Waals surface area (Å²) in [5.41, 5.74) is 0.437. The summed E-state index contributed by atoms with van der Waals surface area (Å²) in [4.78, 5) is 0. The molecule has 2 aromatic carbocycles. The van der Waals surface area contributed by atoms with Crippen LogP contribution in [0.1, 0.15) is 39.7 Å². The van der Waals surface area contributed by atoms with Crippen LogP contribution in [-0.4, -0.2) is 41.9 Å². The van der Waals surface area contributed by atoms with E-state index in [0.29, 0.717) is 17.4 Å². The molecule has 162 valence electrons. The third-order valence-corrected chi connectivity index (χ3v) is 11.5. The number of hydrogen-bond acceptors (Lipinski definition) is 4. The highest BCUT2D eigenvalue weighted by molar-refractivity contribution is 6.99. The van der Waals surface area contributed by atoms with Gasteiger partial charge in [-0.15, -0.1) is 0 Å². The van der Waals surface area contributed by atoms with E-state index in [1.807, 2.05) is 4.68 Å². The van der Waals surface area contributed by atoms with Crippen LogP contribution in [0.2, 0.25) is 5.04 Å². The molecule has 1 aliphatic carbocycles. The zero-order valence-electron chi connectivity index (χ0n) is 18.5. The summed E-state index contributed by atoms with van der Waals surface area (Å²) in [6.07, 6.45) is 5.23. The number of aromatic nitrogens is 2. The normalized spacial score (nSPS) is 19.1. The Balaban J connectivity index is 1.54. The van der Waals surface area contributed by atoms with Gasteiger partial charge < -0.3 is 14.5 Å². The smallest absolute Gasteiger partial charge is 0.423 e. The zero-order chi connectivity index (χ0) is 22.1. The standard InChI is InChI=1S/C24H31BN2O3Si/c1-24(2,3)31(22-10-6-4-7-11-22,23-12-8-5-9-13-23)30-18-19-14-21(15-19)27-17-20(16-26-27)25(28)29/h4-13,16-17,19,21,28-29H,14-15,18H2,1-3H3. The molecule has 0 unspecified atom stereocenters. The second-order valence-electron chi connectivity index (χ2n) is 9.59. The average Bonchev–Trinajstić information content (AvgIpc) is 3.20. The Hall–Kier alpha value is -2.19. The third kappa shape index (κ3) is 4.28. The van der Waals surface area contributed by atoms with Crippen molar-refractivity contribution < 1.29 is 14.5 Å². The molecule has 31 heavy (non-hydrogen) atoms. The SMILES string of the molecule is CC(C)(C)[Si](OCC1CC(n2cc(B(O)O)cn2)C1)(c1ccccc1)c1ccccc1. The van der Waals surface area contributed by atoms with Gasteiger partial charge in [-0.25, -0.2) is 0 Å². The van der Waals surface area contributed by atoms with Crippen LogP contribution in [0.4, 0.5) is 0 Å².